The average molecular weight is 353 g/mol. The van der Waals surface area contributed by atoms with Crippen LogP contribution in [0.3, 0.4) is 0 Å². The lowest BCUT2D eigenvalue weighted by Gasteiger charge is -2.07. The van der Waals surface area contributed by atoms with Gasteiger partial charge in [-0.3, -0.25) is 20.2 Å². The first-order valence-electron chi connectivity index (χ1n) is 6.57. The van der Waals surface area contributed by atoms with Crippen LogP contribution in [0.25, 0.3) is 0 Å². The van der Waals surface area contributed by atoms with E-state index >= 15 is 0 Å². The van der Waals surface area contributed by atoms with E-state index in [4.69, 9.17) is 4.74 Å². The van der Waals surface area contributed by atoms with Crippen molar-refractivity contribution < 1.29 is 24.0 Å². The predicted molar refractivity (Wildman–Crippen MR) is 86.9 cm³/mol. The first kappa shape index (κ1) is 19.2. The minimum atomic E-state index is -0.910. The second kappa shape index (κ2) is 9.30. The maximum Gasteiger partial charge on any atom is 0.338 e. The van der Waals surface area contributed by atoms with E-state index in [2.05, 4.69) is 11.9 Å². The van der Waals surface area contributed by atoms with Gasteiger partial charge in [0.15, 0.2) is 6.61 Å². The van der Waals surface area contributed by atoms with Gasteiger partial charge in [-0.2, -0.15) is 0 Å². The van der Waals surface area contributed by atoms with Gasteiger partial charge in [-0.25, -0.2) is 9.59 Å². The Labute approximate surface area is 141 Å². The van der Waals surface area contributed by atoms with E-state index in [1.165, 1.54) is 30.0 Å². The van der Waals surface area contributed by atoms with E-state index in [9.17, 15) is 24.5 Å². The summed E-state index contributed by atoms with van der Waals surface area (Å²) in [6.45, 7) is 2.87. The van der Waals surface area contributed by atoms with Crippen molar-refractivity contribution in [2.75, 3.05) is 19.4 Å². The van der Waals surface area contributed by atoms with Gasteiger partial charge in [-0.1, -0.05) is 6.08 Å². The Kier molecular flexibility index (Phi) is 7.43. The van der Waals surface area contributed by atoms with Crippen LogP contribution in [0.15, 0.2) is 35.7 Å². The summed E-state index contributed by atoms with van der Waals surface area (Å²) in [5, 5.41) is 15.2. The van der Waals surface area contributed by atoms with E-state index in [0.717, 1.165) is 6.07 Å². The molecule has 1 aromatic rings. The van der Waals surface area contributed by atoms with Crippen molar-refractivity contribution in [1.29, 1.82) is 0 Å². The number of nitrogens with one attached hydrogen (secondary N) is 2. The number of amides is 3. The van der Waals surface area contributed by atoms with Gasteiger partial charge >= 0.3 is 12.0 Å². The summed E-state index contributed by atoms with van der Waals surface area (Å²) in [5.74, 6) is -1.74. The first-order chi connectivity index (χ1) is 11.4. The van der Waals surface area contributed by atoms with Crippen LogP contribution in [0.1, 0.15) is 10.4 Å². The number of nitro benzene ring substituents is 1. The van der Waals surface area contributed by atoms with Crippen LogP contribution >= 0.6 is 11.8 Å². The Bertz CT molecular complexity index is 676. The third-order valence-electron chi connectivity index (χ3n) is 2.61. The topological polar surface area (TPSA) is 128 Å². The second-order valence-corrected chi connectivity index (χ2v) is 5.11. The van der Waals surface area contributed by atoms with Gasteiger partial charge in [-0.05, 0) is 18.4 Å². The lowest BCUT2D eigenvalue weighted by Crippen LogP contribution is -2.41. The van der Waals surface area contributed by atoms with E-state index < -0.39 is 29.4 Å². The molecule has 0 fully saturated rings. The highest BCUT2D eigenvalue weighted by Crippen LogP contribution is 2.28. The fourth-order valence-electron chi connectivity index (χ4n) is 1.55. The Hall–Kier alpha value is -2.88. The van der Waals surface area contributed by atoms with Gasteiger partial charge in [0.2, 0.25) is 0 Å². The van der Waals surface area contributed by atoms with Crippen LogP contribution in [0, 0.1) is 10.1 Å². The predicted octanol–water partition coefficient (Wildman–Crippen LogP) is 1.49. The highest BCUT2D eigenvalue weighted by atomic mass is 32.2. The molecule has 0 saturated heterocycles. The van der Waals surface area contributed by atoms with Crippen molar-refractivity contribution in [3.63, 3.8) is 0 Å². The molecule has 128 valence electrons. The zero-order valence-corrected chi connectivity index (χ0v) is 13.6. The number of nitro groups is 1. The minimum Gasteiger partial charge on any atom is -0.452 e. The van der Waals surface area contributed by atoms with E-state index in [-0.39, 0.29) is 17.8 Å². The molecule has 0 aromatic heterocycles. The molecule has 0 radical (unpaired) electrons. The number of benzene rings is 1. The number of hydrogen-bond donors (Lipinski definition) is 2. The fourth-order valence-corrected chi connectivity index (χ4v) is 2.09. The number of thioether (sulfide) groups is 1. The zero-order chi connectivity index (χ0) is 18.1. The standard InChI is InChI=1S/C14H15N3O6S/c1-3-6-15-14(20)16-12(18)8-23-13(19)9-4-5-11(24-2)10(7-9)17(21)22/h3-5,7H,1,6,8H2,2H3,(H2,15,16,18,20). The number of ether oxygens (including phenoxy) is 1. The highest BCUT2D eigenvalue weighted by molar-refractivity contribution is 7.98. The SMILES string of the molecule is C=CCNC(=O)NC(=O)COC(=O)c1ccc(SC)c([N+](=O)[O-])c1. The quantitative estimate of drug-likeness (QED) is 0.250. The summed E-state index contributed by atoms with van der Waals surface area (Å²) in [7, 11) is 0. The maximum atomic E-state index is 11.8. The molecule has 0 unspecified atom stereocenters. The highest BCUT2D eigenvalue weighted by Gasteiger charge is 2.18. The van der Waals surface area contributed by atoms with Crippen molar-refractivity contribution in [3.05, 3.63) is 46.5 Å². The molecule has 1 aromatic carbocycles. The monoisotopic (exact) mass is 353 g/mol. The number of carbonyl (C=O) groups excluding carboxylic acids is 3. The third kappa shape index (κ3) is 5.72. The molecule has 0 heterocycles. The molecule has 0 atom stereocenters. The Morgan fingerprint density at radius 1 is 1.42 bits per heavy atom. The second-order valence-electron chi connectivity index (χ2n) is 4.27. The molecule has 1 rings (SSSR count). The molecular formula is C14H15N3O6S. The van der Waals surface area contributed by atoms with E-state index in [1.807, 2.05) is 5.32 Å². The number of imide groups is 1. The van der Waals surface area contributed by atoms with Crippen LogP contribution in [-0.4, -0.2) is 42.2 Å². The van der Waals surface area contributed by atoms with Gasteiger partial charge in [-0.15, -0.1) is 18.3 Å². The van der Waals surface area contributed by atoms with Crippen LogP contribution in [0.5, 0.6) is 0 Å². The summed E-state index contributed by atoms with van der Waals surface area (Å²) in [6, 6.07) is 3.09. The number of hydrogen-bond acceptors (Lipinski definition) is 7. The molecule has 0 aliphatic carbocycles. The molecule has 3 amide bonds. The van der Waals surface area contributed by atoms with Crippen LogP contribution in [0.2, 0.25) is 0 Å². The van der Waals surface area contributed by atoms with Crippen molar-refractivity contribution in [1.82, 2.24) is 10.6 Å². The summed E-state index contributed by atoms with van der Waals surface area (Å²) in [4.78, 5) is 45.2. The smallest absolute Gasteiger partial charge is 0.338 e. The molecule has 10 heteroatoms. The number of nitrogens with zero attached hydrogens (tertiary/aromatic N) is 1. The summed E-state index contributed by atoms with van der Waals surface area (Å²) in [5.41, 5.74) is -0.298. The Morgan fingerprint density at radius 3 is 2.71 bits per heavy atom. The molecule has 0 bridgehead atoms. The summed E-state index contributed by atoms with van der Waals surface area (Å²) < 4.78 is 4.72. The molecule has 2 N–H and O–H groups in total. The van der Waals surface area contributed by atoms with Crippen LogP contribution in [-0.2, 0) is 9.53 Å². The van der Waals surface area contributed by atoms with Gasteiger partial charge in [0, 0.05) is 12.6 Å². The molecule has 0 saturated carbocycles. The molecule has 0 spiro atoms. The number of urea groups is 1. The third-order valence-corrected chi connectivity index (χ3v) is 3.39. The number of rotatable bonds is 7. The molecule has 0 aliphatic rings. The van der Waals surface area contributed by atoms with Crippen molar-refractivity contribution in [3.8, 4) is 0 Å². The Morgan fingerprint density at radius 2 is 2.12 bits per heavy atom. The van der Waals surface area contributed by atoms with Gasteiger partial charge < -0.3 is 10.1 Å². The van der Waals surface area contributed by atoms with Crippen molar-refractivity contribution >= 4 is 35.4 Å². The lowest BCUT2D eigenvalue weighted by atomic mass is 10.2. The molecule has 9 nitrogen and oxygen atoms in total. The Balaban J connectivity index is 2.64. The maximum absolute atomic E-state index is 11.8. The largest absolute Gasteiger partial charge is 0.452 e. The molecule has 24 heavy (non-hydrogen) atoms. The number of esters is 1. The normalized spacial score (nSPS) is 9.71. The van der Waals surface area contributed by atoms with Crippen molar-refractivity contribution in [2.45, 2.75) is 4.90 Å². The zero-order valence-electron chi connectivity index (χ0n) is 12.7. The van der Waals surface area contributed by atoms with E-state index in [1.54, 1.807) is 6.26 Å². The summed E-state index contributed by atoms with van der Waals surface area (Å²) >= 11 is 1.17. The lowest BCUT2D eigenvalue weighted by molar-refractivity contribution is -0.387. The fraction of sp³-hybridized carbons (Fsp3) is 0.214. The molecule has 0 aliphatic heterocycles. The first-order valence-corrected chi connectivity index (χ1v) is 7.79. The van der Waals surface area contributed by atoms with Crippen LogP contribution in [0.4, 0.5) is 10.5 Å². The van der Waals surface area contributed by atoms with Gasteiger partial charge in [0.05, 0.1) is 15.4 Å². The average Bonchev–Trinajstić information content (AvgIpc) is 2.57. The van der Waals surface area contributed by atoms with Gasteiger partial charge in [0.25, 0.3) is 11.6 Å². The molecular weight excluding hydrogens is 338 g/mol. The minimum absolute atomic E-state index is 0.0663. The van der Waals surface area contributed by atoms with Crippen LogP contribution < -0.4 is 10.6 Å². The van der Waals surface area contributed by atoms with Crippen molar-refractivity contribution in [2.24, 2.45) is 0 Å². The van der Waals surface area contributed by atoms with Gasteiger partial charge in [0.1, 0.15) is 0 Å². The van der Waals surface area contributed by atoms with E-state index in [0.29, 0.717) is 4.90 Å². The summed E-state index contributed by atoms with van der Waals surface area (Å²) in [6.07, 6.45) is 3.09. The number of carbonyl (C=O) groups is 3.